The first-order chi connectivity index (χ1) is 17.5. The molecule has 4 nitrogen and oxygen atoms in total. The number of ether oxygens (including phenoxy) is 1. The van der Waals surface area contributed by atoms with Gasteiger partial charge in [-0.3, -0.25) is 4.79 Å². The lowest BCUT2D eigenvalue weighted by atomic mass is 10.1. The maximum Gasteiger partial charge on any atom is 0.359 e. The zero-order valence-electron chi connectivity index (χ0n) is 20.0. The fourth-order valence-electron chi connectivity index (χ4n) is 4.09. The van der Waals surface area contributed by atoms with Gasteiger partial charge in [0.1, 0.15) is 15.9 Å². The van der Waals surface area contributed by atoms with Crippen molar-refractivity contribution < 1.29 is 14.3 Å². The topological polar surface area (TPSA) is 55.4 Å². The van der Waals surface area contributed by atoms with Crippen molar-refractivity contribution in [1.82, 2.24) is 5.32 Å². The highest BCUT2D eigenvalue weighted by molar-refractivity contribution is 8.00. The predicted molar refractivity (Wildman–Crippen MR) is 149 cm³/mol. The highest BCUT2D eigenvalue weighted by Gasteiger charge is 2.52. The minimum atomic E-state index is -2.79. The van der Waals surface area contributed by atoms with E-state index in [1.54, 1.807) is 12.1 Å². The van der Waals surface area contributed by atoms with E-state index in [1.165, 1.54) is 7.11 Å². The van der Waals surface area contributed by atoms with Crippen molar-refractivity contribution in [2.24, 2.45) is 0 Å². The molecule has 0 bridgehead atoms. The minimum absolute atomic E-state index is 0.0744. The SMILES string of the molecule is COC(=O)/C(NC(=O)c1ccc(C)cc1)=C(/Cl)[P+](c1ccccc1)(c1ccccc1)c1ccccc1. The van der Waals surface area contributed by atoms with Gasteiger partial charge in [0.15, 0.2) is 13.0 Å². The number of esters is 1. The maximum atomic E-state index is 13.2. The molecule has 0 aliphatic rings. The summed E-state index contributed by atoms with van der Waals surface area (Å²) in [6, 6.07) is 36.6. The molecule has 0 atom stereocenters. The van der Waals surface area contributed by atoms with Crippen molar-refractivity contribution in [3.8, 4) is 0 Å². The van der Waals surface area contributed by atoms with E-state index in [2.05, 4.69) is 5.32 Å². The van der Waals surface area contributed by atoms with Gasteiger partial charge in [-0.05, 0) is 67.1 Å². The molecular weight excluding hydrogens is 489 g/mol. The Morgan fingerprint density at radius 1 is 0.694 bits per heavy atom. The van der Waals surface area contributed by atoms with Gasteiger partial charge in [-0.1, -0.05) is 72.3 Å². The van der Waals surface area contributed by atoms with Gasteiger partial charge in [0, 0.05) is 5.56 Å². The van der Waals surface area contributed by atoms with Gasteiger partial charge in [-0.25, -0.2) is 4.79 Å². The van der Waals surface area contributed by atoms with Crippen LogP contribution in [-0.4, -0.2) is 19.0 Å². The van der Waals surface area contributed by atoms with E-state index in [1.807, 2.05) is 110 Å². The standard InChI is InChI=1S/C30H25ClNO3P/c1-22-18-20-23(21-19-22)29(33)32-27(30(34)35-2)28(31)36(24-12-6-3-7-13-24,25-14-8-4-9-15-25)26-16-10-5-11-17-26/h3-21H,1-2H3/p+1/b28-27+. The minimum Gasteiger partial charge on any atom is -0.464 e. The second-order valence-corrected chi connectivity index (χ2v) is 12.1. The average Bonchev–Trinajstić information content (AvgIpc) is 2.93. The van der Waals surface area contributed by atoms with Gasteiger partial charge in [-0.2, -0.15) is 0 Å². The van der Waals surface area contributed by atoms with E-state index in [-0.39, 0.29) is 10.5 Å². The zero-order valence-corrected chi connectivity index (χ0v) is 21.7. The Bertz CT molecular complexity index is 1280. The summed E-state index contributed by atoms with van der Waals surface area (Å²) >= 11 is 7.32. The fourth-order valence-corrected chi connectivity index (χ4v) is 9.01. The zero-order chi connectivity index (χ0) is 25.5. The fraction of sp³-hybridized carbons (Fsp3) is 0.0667. The molecule has 0 saturated carbocycles. The largest absolute Gasteiger partial charge is 0.464 e. The van der Waals surface area contributed by atoms with Gasteiger partial charge in [0.05, 0.1) is 7.11 Å². The number of benzene rings is 4. The molecular formula is C30H26ClNO3P+. The Balaban J connectivity index is 2.02. The number of carbonyl (C=O) groups excluding carboxylic acids is 2. The Morgan fingerprint density at radius 2 is 1.11 bits per heavy atom. The van der Waals surface area contributed by atoms with Crippen LogP contribution in [0.3, 0.4) is 0 Å². The lowest BCUT2D eigenvalue weighted by Crippen LogP contribution is -2.35. The summed E-state index contributed by atoms with van der Waals surface area (Å²) in [5.74, 6) is -1.16. The van der Waals surface area contributed by atoms with Crippen LogP contribution in [0.4, 0.5) is 0 Å². The number of aryl methyl sites for hydroxylation is 1. The van der Waals surface area contributed by atoms with Crippen LogP contribution in [0, 0.1) is 6.92 Å². The second-order valence-electron chi connectivity index (χ2n) is 8.16. The van der Waals surface area contributed by atoms with Crippen molar-refractivity contribution in [2.75, 3.05) is 7.11 Å². The summed E-state index contributed by atoms with van der Waals surface area (Å²) < 4.78 is 5.35. The molecule has 0 aromatic heterocycles. The molecule has 0 radical (unpaired) electrons. The lowest BCUT2D eigenvalue weighted by molar-refractivity contribution is -0.136. The number of methoxy groups -OCH3 is 1. The molecule has 0 fully saturated rings. The summed E-state index contributed by atoms with van der Waals surface area (Å²) in [7, 11) is -1.52. The third-order valence-corrected chi connectivity index (χ3v) is 10.9. The van der Waals surface area contributed by atoms with Crippen LogP contribution in [0.1, 0.15) is 15.9 Å². The molecule has 4 aromatic carbocycles. The number of hydrogen-bond acceptors (Lipinski definition) is 3. The third kappa shape index (κ3) is 4.97. The van der Waals surface area contributed by atoms with E-state index in [4.69, 9.17) is 16.3 Å². The molecule has 180 valence electrons. The number of amides is 1. The van der Waals surface area contributed by atoms with Gasteiger partial charge in [0.2, 0.25) is 4.77 Å². The Hall–Kier alpha value is -3.72. The lowest BCUT2D eigenvalue weighted by Gasteiger charge is -2.27. The average molecular weight is 515 g/mol. The van der Waals surface area contributed by atoms with Crippen LogP contribution in [0.5, 0.6) is 0 Å². The molecule has 4 rings (SSSR count). The Morgan fingerprint density at radius 3 is 1.50 bits per heavy atom. The molecule has 36 heavy (non-hydrogen) atoms. The van der Waals surface area contributed by atoms with E-state index in [0.717, 1.165) is 21.5 Å². The summed E-state index contributed by atoms with van der Waals surface area (Å²) in [5.41, 5.74) is 1.36. The maximum absolute atomic E-state index is 13.2. The third-order valence-electron chi connectivity index (χ3n) is 5.87. The van der Waals surface area contributed by atoms with Gasteiger partial charge in [0.25, 0.3) is 5.91 Å². The molecule has 0 aliphatic carbocycles. The monoisotopic (exact) mass is 514 g/mol. The molecule has 0 saturated heterocycles. The van der Waals surface area contributed by atoms with Crippen LogP contribution in [0.2, 0.25) is 0 Å². The van der Waals surface area contributed by atoms with Gasteiger partial charge in [-0.15, -0.1) is 0 Å². The van der Waals surface area contributed by atoms with E-state index in [9.17, 15) is 9.59 Å². The van der Waals surface area contributed by atoms with Gasteiger partial charge >= 0.3 is 5.97 Å². The first-order valence-electron chi connectivity index (χ1n) is 11.4. The van der Waals surface area contributed by atoms with Crippen LogP contribution < -0.4 is 21.2 Å². The molecule has 0 heterocycles. The number of nitrogens with one attached hydrogen (secondary N) is 1. The first kappa shape index (κ1) is 25.4. The predicted octanol–water partition coefficient (Wildman–Crippen LogP) is 5.30. The van der Waals surface area contributed by atoms with Crippen molar-refractivity contribution in [2.45, 2.75) is 6.92 Å². The quantitative estimate of drug-likeness (QED) is 0.207. The highest BCUT2D eigenvalue weighted by atomic mass is 35.5. The van der Waals surface area contributed by atoms with Crippen LogP contribution in [0.15, 0.2) is 126 Å². The normalized spacial score (nSPS) is 11.9. The molecule has 6 heteroatoms. The summed E-state index contributed by atoms with van der Waals surface area (Å²) in [6.07, 6.45) is 0. The summed E-state index contributed by atoms with van der Waals surface area (Å²) in [5, 5.41) is 5.61. The van der Waals surface area contributed by atoms with E-state index >= 15 is 0 Å². The smallest absolute Gasteiger partial charge is 0.359 e. The highest BCUT2D eigenvalue weighted by Crippen LogP contribution is 2.64. The number of rotatable bonds is 7. The Labute approximate surface area is 216 Å². The summed E-state index contributed by atoms with van der Waals surface area (Å²) in [4.78, 5) is 26.4. The van der Waals surface area contributed by atoms with E-state index in [0.29, 0.717) is 5.56 Å². The van der Waals surface area contributed by atoms with Crippen molar-refractivity contribution >= 4 is 46.7 Å². The van der Waals surface area contributed by atoms with Crippen LogP contribution in [0.25, 0.3) is 0 Å². The Kier molecular flexibility index (Phi) is 8.00. The molecule has 1 N–H and O–H groups in total. The van der Waals surface area contributed by atoms with Gasteiger partial charge < -0.3 is 10.1 Å². The number of hydrogen-bond donors (Lipinski definition) is 1. The van der Waals surface area contributed by atoms with E-state index < -0.39 is 19.1 Å². The molecule has 4 aromatic rings. The molecule has 1 amide bonds. The molecule has 0 aliphatic heterocycles. The number of halogens is 1. The second kappa shape index (κ2) is 11.3. The van der Waals surface area contributed by atoms with Crippen LogP contribution >= 0.6 is 18.9 Å². The van der Waals surface area contributed by atoms with Crippen molar-refractivity contribution in [3.63, 3.8) is 0 Å². The number of carbonyl (C=O) groups is 2. The molecule has 0 spiro atoms. The van der Waals surface area contributed by atoms with Crippen molar-refractivity contribution in [1.29, 1.82) is 0 Å². The molecule has 0 unspecified atom stereocenters. The first-order valence-corrected chi connectivity index (χ1v) is 13.6. The van der Waals surface area contributed by atoms with Crippen molar-refractivity contribution in [3.05, 3.63) is 137 Å². The summed E-state index contributed by atoms with van der Waals surface area (Å²) in [6.45, 7) is 1.94. The van der Waals surface area contributed by atoms with Crippen LogP contribution in [-0.2, 0) is 9.53 Å².